The lowest BCUT2D eigenvalue weighted by Gasteiger charge is -2.29. The highest BCUT2D eigenvalue weighted by Crippen LogP contribution is 2.39. The summed E-state index contributed by atoms with van der Waals surface area (Å²) in [6.45, 7) is 0.878. The molecule has 0 N–H and O–H groups in total. The molecule has 0 heterocycles. The molecule has 246 valence electrons. The summed E-state index contributed by atoms with van der Waals surface area (Å²) < 4.78 is 171. The first-order valence-corrected chi connectivity index (χ1v) is 14.0. The Morgan fingerprint density at radius 3 is 1.71 bits per heavy atom. The monoisotopic (exact) mass is 656 g/mol. The van der Waals surface area contributed by atoms with Crippen molar-refractivity contribution in [1.29, 1.82) is 0 Å². The number of ether oxygens (including phenoxy) is 3. The molecule has 0 unspecified atom stereocenters. The van der Waals surface area contributed by atoms with Crippen LogP contribution in [0.15, 0.2) is 36.4 Å². The van der Waals surface area contributed by atoms with Crippen LogP contribution < -0.4 is 9.47 Å². The second-order valence-corrected chi connectivity index (χ2v) is 10.7. The van der Waals surface area contributed by atoms with Gasteiger partial charge < -0.3 is 14.2 Å². The van der Waals surface area contributed by atoms with Crippen molar-refractivity contribution in [2.75, 3.05) is 6.61 Å². The van der Waals surface area contributed by atoms with Gasteiger partial charge >= 0.3 is 12.2 Å². The number of alkyl halides is 4. The Balaban J connectivity index is 1.46. The molecule has 3 aromatic rings. The number of hydrogen-bond donors (Lipinski definition) is 0. The Kier molecular flexibility index (Phi) is 10.6. The summed E-state index contributed by atoms with van der Waals surface area (Å²) in [4.78, 5) is 0. The van der Waals surface area contributed by atoms with E-state index in [1.54, 1.807) is 0 Å². The van der Waals surface area contributed by atoms with Crippen LogP contribution in [0.4, 0.5) is 48.3 Å². The van der Waals surface area contributed by atoms with Crippen molar-refractivity contribution in [2.24, 2.45) is 5.92 Å². The first-order chi connectivity index (χ1) is 21.1. The molecule has 0 atom stereocenters. The molecule has 1 fully saturated rings. The van der Waals surface area contributed by atoms with Crippen molar-refractivity contribution >= 4 is 0 Å². The van der Waals surface area contributed by atoms with E-state index >= 15 is 0 Å². The zero-order chi connectivity index (χ0) is 33.1. The summed E-state index contributed by atoms with van der Waals surface area (Å²) >= 11 is 0. The standard InChI is InChI=1S/C31H27F11O3/c1-2-3-4-16-5-7-18(8-6-16)43-15-30(39,40)44-19-11-21(32)27(22(33)12-19)17-9-23(34)28(24(35)10-17)31(41,42)45-20-13-25(36)29(38)26(37)14-20/h9-14,16,18H,2-8,15H2,1H3. The number of hydrogen-bond acceptors (Lipinski definition) is 3. The molecule has 1 aliphatic rings. The van der Waals surface area contributed by atoms with Gasteiger partial charge in [-0.05, 0) is 49.3 Å². The van der Waals surface area contributed by atoms with Crippen LogP contribution in [0.2, 0.25) is 0 Å². The molecule has 0 saturated heterocycles. The number of halogens is 11. The van der Waals surface area contributed by atoms with Gasteiger partial charge in [-0.15, -0.1) is 0 Å². The van der Waals surface area contributed by atoms with Crippen LogP contribution in [0, 0.1) is 46.6 Å². The number of benzene rings is 3. The molecule has 45 heavy (non-hydrogen) atoms. The fourth-order valence-electron chi connectivity index (χ4n) is 5.17. The van der Waals surface area contributed by atoms with Gasteiger partial charge in [0.05, 0.1) is 11.7 Å². The SMILES string of the molecule is CCCCC1CCC(OCC(F)(F)Oc2cc(F)c(-c3cc(F)c(C(F)(F)Oc4cc(F)c(F)c(F)c4)c(F)c3)c(F)c2)CC1. The third-order valence-corrected chi connectivity index (χ3v) is 7.35. The van der Waals surface area contributed by atoms with Gasteiger partial charge in [-0.2, -0.15) is 17.6 Å². The predicted octanol–water partition coefficient (Wildman–Crippen LogP) is 10.2. The molecular weight excluding hydrogens is 629 g/mol. The van der Waals surface area contributed by atoms with Crippen LogP contribution in [0.1, 0.15) is 57.4 Å². The van der Waals surface area contributed by atoms with Crippen LogP contribution in [-0.2, 0) is 10.8 Å². The Morgan fingerprint density at radius 2 is 1.18 bits per heavy atom. The molecule has 3 aromatic carbocycles. The van der Waals surface area contributed by atoms with E-state index in [0.29, 0.717) is 30.9 Å². The van der Waals surface area contributed by atoms with Crippen molar-refractivity contribution in [1.82, 2.24) is 0 Å². The zero-order valence-corrected chi connectivity index (χ0v) is 23.7. The van der Waals surface area contributed by atoms with Gasteiger partial charge in [0.2, 0.25) is 0 Å². The lowest BCUT2D eigenvalue weighted by Crippen LogP contribution is -2.34. The van der Waals surface area contributed by atoms with Gasteiger partial charge in [0.1, 0.15) is 40.3 Å². The lowest BCUT2D eigenvalue weighted by molar-refractivity contribution is -0.222. The average molecular weight is 657 g/mol. The Hall–Kier alpha value is -3.55. The minimum Gasteiger partial charge on any atom is -0.431 e. The third kappa shape index (κ3) is 8.39. The fraction of sp³-hybridized carbons (Fsp3) is 0.419. The zero-order valence-electron chi connectivity index (χ0n) is 23.7. The second kappa shape index (κ2) is 13.8. The normalized spacial score (nSPS) is 17.4. The minimum absolute atomic E-state index is 0.0000864. The molecule has 0 bridgehead atoms. The molecule has 0 radical (unpaired) electrons. The first-order valence-electron chi connectivity index (χ1n) is 14.0. The molecule has 0 spiro atoms. The molecule has 0 aromatic heterocycles. The molecule has 0 amide bonds. The number of rotatable bonds is 12. The van der Waals surface area contributed by atoms with Crippen molar-refractivity contribution in [2.45, 2.75) is 70.2 Å². The molecular formula is C31H27F11O3. The van der Waals surface area contributed by atoms with Crippen molar-refractivity contribution < 1.29 is 62.5 Å². The third-order valence-electron chi connectivity index (χ3n) is 7.35. The van der Waals surface area contributed by atoms with E-state index in [9.17, 15) is 48.3 Å². The molecule has 1 saturated carbocycles. The van der Waals surface area contributed by atoms with Gasteiger partial charge in [-0.1, -0.05) is 26.2 Å². The van der Waals surface area contributed by atoms with Crippen molar-refractivity contribution in [3.05, 3.63) is 82.7 Å². The summed E-state index contributed by atoms with van der Waals surface area (Å²) in [6.07, 6.45) is -3.36. The predicted molar refractivity (Wildman–Crippen MR) is 139 cm³/mol. The highest BCUT2D eigenvalue weighted by molar-refractivity contribution is 5.66. The Morgan fingerprint density at radius 1 is 0.667 bits per heavy atom. The Bertz CT molecular complexity index is 1440. The summed E-state index contributed by atoms with van der Waals surface area (Å²) in [7, 11) is 0. The number of unbranched alkanes of at least 4 members (excludes halogenated alkanes) is 1. The van der Waals surface area contributed by atoms with Crippen LogP contribution >= 0.6 is 0 Å². The molecule has 4 rings (SSSR count). The van der Waals surface area contributed by atoms with E-state index in [0.717, 1.165) is 32.1 Å². The summed E-state index contributed by atoms with van der Waals surface area (Å²) in [6, 6.07) is 0.820. The van der Waals surface area contributed by atoms with Crippen LogP contribution in [0.3, 0.4) is 0 Å². The maximum Gasteiger partial charge on any atom is 0.432 e. The molecule has 1 aliphatic carbocycles. The van der Waals surface area contributed by atoms with Crippen LogP contribution in [0.25, 0.3) is 11.1 Å². The lowest BCUT2D eigenvalue weighted by atomic mass is 9.84. The molecule has 3 nitrogen and oxygen atoms in total. The van der Waals surface area contributed by atoms with Crippen LogP contribution in [0.5, 0.6) is 11.5 Å². The first kappa shape index (κ1) is 34.3. The molecule has 14 heteroatoms. The summed E-state index contributed by atoms with van der Waals surface area (Å²) in [5.41, 5.74) is -4.22. The van der Waals surface area contributed by atoms with E-state index in [1.165, 1.54) is 0 Å². The van der Waals surface area contributed by atoms with Gasteiger partial charge in [0, 0.05) is 24.3 Å². The van der Waals surface area contributed by atoms with Crippen molar-refractivity contribution in [3.8, 4) is 22.6 Å². The van der Waals surface area contributed by atoms with Crippen LogP contribution in [-0.4, -0.2) is 18.8 Å². The average Bonchev–Trinajstić information content (AvgIpc) is 2.93. The van der Waals surface area contributed by atoms with E-state index in [2.05, 4.69) is 16.4 Å². The minimum atomic E-state index is -4.94. The summed E-state index contributed by atoms with van der Waals surface area (Å²) in [5, 5.41) is 0. The summed E-state index contributed by atoms with van der Waals surface area (Å²) in [5.74, 6) is -15.1. The largest absolute Gasteiger partial charge is 0.432 e. The smallest absolute Gasteiger partial charge is 0.431 e. The van der Waals surface area contributed by atoms with Gasteiger partial charge in [0.25, 0.3) is 0 Å². The van der Waals surface area contributed by atoms with E-state index < -0.39 is 93.8 Å². The van der Waals surface area contributed by atoms with E-state index in [4.69, 9.17) is 4.74 Å². The quantitative estimate of drug-likeness (QED) is 0.144. The fourth-order valence-corrected chi connectivity index (χ4v) is 5.17. The van der Waals surface area contributed by atoms with Gasteiger partial charge in [0.15, 0.2) is 24.1 Å². The maximum atomic E-state index is 14.9. The molecule has 0 aliphatic heterocycles. The Labute approximate surface area is 250 Å². The van der Waals surface area contributed by atoms with Gasteiger partial charge in [-0.25, -0.2) is 30.7 Å². The van der Waals surface area contributed by atoms with Gasteiger partial charge in [-0.3, -0.25) is 0 Å². The van der Waals surface area contributed by atoms with E-state index in [-0.39, 0.29) is 24.3 Å². The highest BCUT2D eigenvalue weighted by Gasteiger charge is 2.42. The van der Waals surface area contributed by atoms with E-state index in [1.807, 2.05) is 0 Å². The highest BCUT2D eigenvalue weighted by atomic mass is 19.3. The topological polar surface area (TPSA) is 27.7 Å². The second-order valence-electron chi connectivity index (χ2n) is 10.7. The maximum absolute atomic E-state index is 14.9. The van der Waals surface area contributed by atoms with Crippen molar-refractivity contribution in [3.63, 3.8) is 0 Å².